The van der Waals surface area contributed by atoms with Gasteiger partial charge < -0.3 is 10.2 Å². The summed E-state index contributed by atoms with van der Waals surface area (Å²) in [4.78, 5) is 24.0. The van der Waals surface area contributed by atoms with Crippen molar-refractivity contribution in [3.05, 3.63) is 59.7 Å². The fourth-order valence-electron chi connectivity index (χ4n) is 4.88. The van der Waals surface area contributed by atoms with Crippen molar-refractivity contribution in [1.82, 2.24) is 29.8 Å². The molecule has 0 unspecified atom stereocenters. The molecule has 0 aromatic carbocycles. The first-order chi connectivity index (χ1) is 17.7. The molecule has 4 aromatic rings. The third-order valence-electron chi connectivity index (χ3n) is 7.22. The second-order valence-electron chi connectivity index (χ2n) is 9.87. The maximum atomic E-state index is 13.5. The van der Waals surface area contributed by atoms with Gasteiger partial charge in [0, 0.05) is 42.3 Å². The summed E-state index contributed by atoms with van der Waals surface area (Å²) in [7, 11) is 0. The first-order valence-corrected chi connectivity index (χ1v) is 12.2. The van der Waals surface area contributed by atoms with Crippen molar-refractivity contribution in [2.24, 2.45) is 0 Å². The van der Waals surface area contributed by atoms with Gasteiger partial charge in [0.25, 0.3) is 0 Å². The second kappa shape index (κ2) is 8.56. The molecular weight excluding hydrogens is 485 g/mol. The molecule has 4 aromatic heterocycles. The number of ketones is 1. The Balaban J connectivity index is 1.27. The molecule has 5 heterocycles. The Morgan fingerprint density at radius 3 is 2.84 bits per heavy atom. The van der Waals surface area contributed by atoms with Crippen LogP contribution in [0, 0.1) is 0 Å². The number of halogens is 3. The third-order valence-corrected chi connectivity index (χ3v) is 7.22. The van der Waals surface area contributed by atoms with Crippen LogP contribution in [0.4, 0.5) is 30.8 Å². The lowest BCUT2D eigenvalue weighted by Crippen LogP contribution is -2.50. The number of nitrogens with one attached hydrogen (secondary N) is 2. The highest BCUT2D eigenvalue weighted by Gasteiger charge is 2.44. The van der Waals surface area contributed by atoms with E-state index < -0.39 is 17.3 Å². The largest absolute Gasteiger partial charge is 0.417 e. The smallest absolute Gasteiger partial charge is 0.327 e. The van der Waals surface area contributed by atoms with E-state index in [9.17, 15) is 18.0 Å². The molecule has 0 radical (unpaired) electrons. The minimum atomic E-state index is -4.47. The summed E-state index contributed by atoms with van der Waals surface area (Å²) in [6, 6.07) is 7.96. The predicted molar refractivity (Wildman–Crippen MR) is 130 cm³/mol. The van der Waals surface area contributed by atoms with Crippen molar-refractivity contribution in [3.8, 4) is 0 Å². The van der Waals surface area contributed by atoms with Gasteiger partial charge in [-0.15, -0.1) is 5.10 Å². The fourth-order valence-corrected chi connectivity index (χ4v) is 4.88. The number of aromatic nitrogens is 6. The molecule has 2 N–H and O–H groups in total. The van der Waals surface area contributed by atoms with Gasteiger partial charge in [0.15, 0.2) is 17.4 Å². The summed E-state index contributed by atoms with van der Waals surface area (Å²) in [5.41, 5.74) is 0.388. The molecule has 1 aliphatic carbocycles. The van der Waals surface area contributed by atoms with Crippen LogP contribution in [0.25, 0.3) is 5.52 Å². The van der Waals surface area contributed by atoms with Crippen LogP contribution in [-0.2, 0) is 17.4 Å². The highest BCUT2D eigenvalue weighted by Crippen LogP contribution is 2.40. The molecule has 0 bridgehead atoms. The van der Waals surface area contributed by atoms with Crippen molar-refractivity contribution >= 4 is 28.9 Å². The molecule has 37 heavy (non-hydrogen) atoms. The molecule has 0 spiro atoms. The van der Waals surface area contributed by atoms with Crippen LogP contribution in [0.3, 0.4) is 0 Å². The number of alkyl halides is 3. The average Bonchev–Trinajstić information content (AvgIpc) is 3.23. The number of hydrogen-bond acceptors (Lipinski definition) is 7. The van der Waals surface area contributed by atoms with E-state index in [-0.39, 0.29) is 12.2 Å². The SMILES string of the molecule is C[C@@]1(C(=O)Cc2ccc(C(F)(F)F)cn2)CCCN1c1nc(Nc2cc(C3CC3)[nH]n2)c2cccn2n1. The molecule has 1 aliphatic heterocycles. The normalized spacial score (nSPS) is 20.1. The Morgan fingerprint density at radius 2 is 2.11 bits per heavy atom. The topological polar surface area (TPSA) is 104 Å². The van der Waals surface area contributed by atoms with Crippen molar-refractivity contribution in [1.29, 1.82) is 0 Å². The zero-order valence-corrected chi connectivity index (χ0v) is 20.1. The zero-order chi connectivity index (χ0) is 25.8. The van der Waals surface area contributed by atoms with E-state index in [1.54, 1.807) is 4.52 Å². The number of carbonyl (C=O) groups is 1. The van der Waals surface area contributed by atoms with Gasteiger partial charge in [-0.05, 0) is 56.9 Å². The van der Waals surface area contributed by atoms with Crippen LogP contribution in [0.1, 0.15) is 55.5 Å². The summed E-state index contributed by atoms with van der Waals surface area (Å²) < 4.78 is 40.4. The van der Waals surface area contributed by atoms with Crippen LogP contribution in [0.15, 0.2) is 42.7 Å². The number of pyridine rings is 1. The predicted octanol–water partition coefficient (Wildman–Crippen LogP) is 4.66. The summed E-state index contributed by atoms with van der Waals surface area (Å²) >= 11 is 0. The molecule has 9 nitrogen and oxygen atoms in total. The van der Waals surface area contributed by atoms with Gasteiger partial charge >= 0.3 is 6.18 Å². The zero-order valence-electron chi connectivity index (χ0n) is 20.1. The molecular formula is C25H25F3N8O. The van der Waals surface area contributed by atoms with Gasteiger partial charge in [0.05, 0.1) is 17.5 Å². The molecule has 2 fully saturated rings. The fraction of sp³-hybridized carbons (Fsp3) is 0.400. The average molecular weight is 511 g/mol. The van der Waals surface area contributed by atoms with E-state index >= 15 is 0 Å². The first-order valence-electron chi connectivity index (χ1n) is 12.2. The Morgan fingerprint density at radius 1 is 1.27 bits per heavy atom. The molecule has 1 atom stereocenters. The standard InChI is InChI=1S/C25H25F3N8O/c1-24(20(37)12-17-8-7-16(14-29-17)25(26,27)28)9-3-10-35(24)23-31-22(19-4-2-11-36(19)34-23)30-21-13-18(32-33-21)15-5-6-15/h2,4,7-8,11,13-15H,3,5-6,9-10,12H2,1H3,(H2,30,31,32,33,34)/t24-/m0/s1. The van der Waals surface area contributed by atoms with Crippen LogP contribution in [0.2, 0.25) is 0 Å². The summed E-state index contributed by atoms with van der Waals surface area (Å²) in [6.07, 6.45) is 1.67. The van der Waals surface area contributed by atoms with Crippen molar-refractivity contribution < 1.29 is 18.0 Å². The van der Waals surface area contributed by atoms with Crippen LogP contribution < -0.4 is 10.2 Å². The summed E-state index contributed by atoms with van der Waals surface area (Å²) in [5, 5.41) is 15.4. The van der Waals surface area contributed by atoms with Gasteiger partial charge in [-0.25, -0.2) is 4.52 Å². The minimum Gasteiger partial charge on any atom is -0.327 e. The Kier molecular flexibility index (Phi) is 5.42. The molecule has 6 rings (SSSR count). The van der Waals surface area contributed by atoms with Crippen LogP contribution in [-0.4, -0.2) is 47.6 Å². The molecule has 192 valence electrons. The third kappa shape index (κ3) is 4.40. The number of H-pyrrole nitrogens is 1. The number of anilines is 3. The van der Waals surface area contributed by atoms with E-state index in [4.69, 9.17) is 4.98 Å². The van der Waals surface area contributed by atoms with Gasteiger partial charge in [0.1, 0.15) is 5.52 Å². The van der Waals surface area contributed by atoms with E-state index in [1.807, 2.05) is 36.2 Å². The molecule has 1 saturated heterocycles. The molecule has 12 heteroatoms. The Hall–Kier alpha value is -3.96. The number of nitrogens with zero attached hydrogens (tertiary/aromatic N) is 6. The summed E-state index contributed by atoms with van der Waals surface area (Å²) in [5.74, 6) is 1.99. The van der Waals surface area contributed by atoms with Crippen molar-refractivity contribution in [2.75, 3.05) is 16.8 Å². The lowest BCUT2D eigenvalue weighted by Gasteiger charge is -2.34. The number of carbonyl (C=O) groups excluding carboxylic acids is 1. The maximum Gasteiger partial charge on any atom is 0.417 e. The lowest BCUT2D eigenvalue weighted by atomic mass is 9.90. The number of fused-ring (bicyclic) bond motifs is 1. The quantitative estimate of drug-likeness (QED) is 0.373. The van der Waals surface area contributed by atoms with Crippen molar-refractivity contribution in [2.45, 2.75) is 56.7 Å². The number of Topliss-reactive ketones (excluding diaryl/α,β-unsaturated/α-hetero) is 1. The van der Waals surface area contributed by atoms with Gasteiger partial charge in [-0.1, -0.05) is 0 Å². The summed E-state index contributed by atoms with van der Waals surface area (Å²) in [6.45, 7) is 2.40. The minimum absolute atomic E-state index is 0.0841. The first kappa shape index (κ1) is 23.4. The van der Waals surface area contributed by atoms with Crippen LogP contribution >= 0.6 is 0 Å². The highest BCUT2D eigenvalue weighted by molar-refractivity contribution is 5.93. The Labute approximate surface area is 210 Å². The van der Waals surface area contributed by atoms with Gasteiger partial charge in [0.2, 0.25) is 5.95 Å². The lowest BCUT2D eigenvalue weighted by molar-refractivity contribution is -0.137. The van der Waals surface area contributed by atoms with Gasteiger partial charge in [-0.2, -0.15) is 23.3 Å². The molecule has 2 aliphatic rings. The molecule has 1 saturated carbocycles. The van der Waals surface area contributed by atoms with E-state index in [0.717, 1.165) is 42.7 Å². The monoisotopic (exact) mass is 510 g/mol. The van der Waals surface area contributed by atoms with E-state index in [0.29, 0.717) is 42.2 Å². The van der Waals surface area contributed by atoms with Crippen molar-refractivity contribution in [3.63, 3.8) is 0 Å². The van der Waals surface area contributed by atoms with E-state index in [2.05, 4.69) is 25.6 Å². The number of rotatable bonds is 7. The maximum absolute atomic E-state index is 13.5. The highest BCUT2D eigenvalue weighted by atomic mass is 19.4. The molecule has 0 amide bonds. The number of aromatic amines is 1. The van der Waals surface area contributed by atoms with E-state index in [1.165, 1.54) is 6.07 Å². The van der Waals surface area contributed by atoms with Gasteiger partial charge in [-0.3, -0.25) is 14.9 Å². The Bertz CT molecular complexity index is 1460. The number of hydrogen-bond donors (Lipinski definition) is 2. The van der Waals surface area contributed by atoms with Crippen LogP contribution in [0.5, 0.6) is 0 Å². The second-order valence-corrected chi connectivity index (χ2v) is 9.87.